The number of amides is 1. The first-order chi connectivity index (χ1) is 18.4. The van der Waals surface area contributed by atoms with E-state index in [9.17, 15) is 9.59 Å². The van der Waals surface area contributed by atoms with Gasteiger partial charge < -0.3 is 15.0 Å². The standard InChI is InChI=1S/C30H29ClN4O3/c1-20-12-13-26(16-21(20)2)38-27-19-32-35(25-11-7-9-23(31)18-25)30(37)28(27)33-24-10-6-8-22(17-24)29(36)34-14-4-3-5-15-34/h6-13,16-19,33H,3-5,14-15H2,1-2H3. The van der Waals surface area contributed by atoms with Crippen molar-refractivity contribution >= 4 is 28.9 Å². The molecule has 1 N–H and O–H groups in total. The SMILES string of the molecule is Cc1ccc(Oc2cnn(-c3cccc(Cl)c3)c(=O)c2Nc2cccc(C(=O)N3CCCCC3)c2)cc1C. The van der Waals surface area contributed by atoms with Crippen molar-refractivity contribution in [2.45, 2.75) is 33.1 Å². The molecule has 1 saturated heterocycles. The quantitative estimate of drug-likeness (QED) is 0.302. The van der Waals surface area contributed by atoms with Crippen molar-refractivity contribution in [3.8, 4) is 17.2 Å². The number of nitrogens with one attached hydrogen (secondary N) is 1. The lowest BCUT2D eigenvalue weighted by atomic mass is 10.1. The number of nitrogens with zero attached hydrogens (tertiary/aromatic N) is 3. The van der Waals surface area contributed by atoms with Crippen LogP contribution in [0.1, 0.15) is 40.7 Å². The molecule has 1 amide bonds. The molecule has 194 valence electrons. The van der Waals surface area contributed by atoms with Crippen LogP contribution in [0.5, 0.6) is 11.5 Å². The smallest absolute Gasteiger partial charge is 0.299 e. The largest absolute Gasteiger partial charge is 0.453 e. The predicted octanol–water partition coefficient (Wildman–Crippen LogP) is 6.66. The predicted molar refractivity (Wildman–Crippen MR) is 150 cm³/mol. The minimum absolute atomic E-state index is 0.00831. The molecule has 1 aromatic heterocycles. The van der Waals surface area contributed by atoms with Gasteiger partial charge in [0.15, 0.2) is 11.4 Å². The van der Waals surface area contributed by atoms with Crippen molar-refractivity contribution in [2.75, 3.05) is 18.4 Å². The second kappa shape index (κ2) is 11.1. The van der Waals surface area contributed by atoms with E-state index in [1.54, 1.807) is 42.5 Å². The fourth-order valence-corrected chi connectivity index (χ4v) is 4.67. The maximum atomic E-state index is 13.7. The van der Waals surface area contributed by atoms with Gasteiger partial charge in [0.1, 0.15) is 5.75 Å². The molecule has 0 radical (unpaired) electrons. The number of likely N-dealkylation sites (tertiary alicyclic amines) is 1. The Balaban J connectivity index is 1.53. The molecule has 0 spiro atoms. The monoisotopic (exact) mass is 528 g/mol. The Labute approximate surface area is 226 Å². The van der Waals surface area contributed by atoms with E-state index in [4.69, 9.17) is 16.3 Å². The van der Waals surface area contributed by atoms with Crippen LogP contribution in [0, 0.1) is 13.8 Å². The highest BCUT2D eigenvalue weighted by Gasteiger charge is 2.20. The molecular weight excluding hydrogens is 500 g/mol. The summed E-state index contributed by atoms with van der Waals surface area (Å²) in [7, 11) is 0. The molecule has 8 heteroatoms. The molecule has 0 atom stereocenters. The van der Waals surface area contributed by atoms with Crippen LogP contribution in [0.15, 0.2) is 77.7 Å². The lowest BCUT2D eigenvalue weighted by molar-refractivity contribution is 0.0724. The highest BCUT2D eigenvalue weighted by atomic mass is 35.5. The minimum Gasteiger partial charge on any atom is -0.453 e. The molecule has 0 aliphatic carbocycles. The molecular formula is C30H29ClN4O3. The van der Waals surface area contributed by atoms with Crippen LogP contribution in [-0.2, 0) is 0 Å². The van der Waals surface area contributed by atoms with Gasteiger partial charge in [0.25, 0.3) is 11.5 Å². The van der Waals surface area contributed by atoms with Crippen molar-refractivity contribution in [3.05, 3.63) is 105 Å². The van der Waals surface area contributed by atoms with Gasteiger partial charge in [0, 0.05) is 29.4 Å². The van der Waals surface area contributed by atoms with Crippen molar-refractivity contribution in [1.82, 2.24) is 14.7 Å². The number of carbonyl (C=O) groups excluding carboxylic acids is 1. The summed E-state index contributed by atoms with van der Waals surface area (Å²) in [5, 5.41) is 8.05. The third-order valence-corrected chi connectivity index (χ3v) is 6.96. The third-order valence-electron chi connectivity index (χ3n) is 6.72. The number of aryl methyl sites for hydroxylation is 2. The molecule has 38 heavy (non-hydrogen) atoms. The Morgan fingerprint density at radius 1 is 0.947 bits per heavy atom. The summed E-state index contributed by atoms with van der Waals surface area (Å²) >= 11 is 6.17. The fraction of sp³-hybridized carbons (Fsp3) is 0.233. The van der Waals surface area contributed by atoms with Crippen molar-refractivity contribution < 1.29 is 9.53 Å². The van der Waals surface area contributed by atoms with Crippen LogP contribution < -0.4 is 15.6 Å². The van der Waals surface area contributed by atoms with Gasteiger partial charge in [-0.05, 0) is 92.8 Å². The molecule has 5 rings (SSSR count). The Morgan fingerprint density at radius 3 is 2.50 bits per heavy atom. The van der Waals surface area contributed by atoms with E-state index in [2.05, 4.69) is 10.4 Å². The number of anilines is 2. The van der Waals surface area contributed by atoms with E-state index >= 15 is 0 Å². The number of rotatable bonds is 6. The van der Waals surface area contributed by atoms with E-state index < -0.39 is 5.56 Å². The number of piperidine rings is 1. The van der Waals surface area contributed by atoms with Gasteiger partial charge in [0.2, 0.25) is 0 Å². The number of ether oxygens (including phenoxy) is 1. The molecule has 0 unspecified atom stereocenters. The number of hydrogen-bond donors (Lipinski definition) is 1. The summed E-state index contributed by atoms with van der Waals surface area (Å²) in [5.74, 6) is 0.849. The molecule has 3 aromatic carbocycles. The van der Waals surface area contributed by atoms with E-state index in [1.807, 2.05) is 43.0 Å². The number of benzene rings is 3. The van der Waals surface area contributed by atoms with Gasteiger partial charge in [-0.2, -0.15) is 9.78 Å². The first-order valence-electron chi connectivity index (χ1n) is 12.7. The Hall–Kier alpha value is -4.10. The molecule has 1 fully saturated rings. The van der Waals surface area contributed by atoms with Crippen molar-refractivity contribution in [1.29, 1.82) is 0 Å². The Bertz CT molecular complexity index is 1540. The van der Waals surface area contributed by atoms with E-state index in [1.165, 1.54) is 10.9 Å². The fourth-order valence-electron chi connectivity index (χ4n) is 4.48. The van der Waals surface area contributed by atoms with Crippen molar-refractivity contribution in [3.63, 3.8) is 0 Å². The summed E-state index contributed by atoms with van der Waals surface area (Å²) in [6, 6.07) is 19.8. The average Bonchev–Trinajstić information content (AvgIpc) is 2.93. The van der Waals surface area contributed by atoms with Gasteiger partial charge in [-0.25, -0.2) is 0 Å². The van der Waals surface area contributed by atoms with Crippen molar-refractivity contribution in [2.24, 2.45) is 0 Å². The summed E-state index contributed by atoms with van der Waals surface area (Å²) in [5.41, 5.74) is 3.68. The number of carbonyl (C=O) groups is 1. The van der Waals surface area contributed by atoms with Gasteiger partial charge in [-0.15, -0.1) is 0 Å². The van der Waals surface area contributed by atoms with Gasteiger partial charge in [-0.1, -0.05) is 29.8 Å². The third kappa shape index (κ3) is 5.58. The van der Waals surface area contributed by atoms with Crippen LogP contribution in [0.3, 0.4) is 0 Å². The van der Waals surface area contributed by atoms with Gasteiger partial charge in [-0.3, -0.25) is 9.59 Å². The average molecular weight is 529 g/mol. The van der Waals surface area contributed by atoms with Crippen LogP contribution in [0.4, 0.5) is 11.4 Å². The zero-order valence-electron chi connectivity index (χ0n) is 21.4. The second-order valence-electron chi connectivity index (χ2n) is 9.49. The molecule has 0 bridgehead atoms. The van der Waals surface area contributed by atoms with E-state index in [0.29, 0.717) is 27.7 Å². The van der Waals surface area contributed by atoms with Crippen LogP contribution in [0.2, 0.25) is 5.02 Å². The lowest BCUT2D eigenvalue weighted by Gasteiger charge is -2.26. The lowest BCUT2D eigenvalue weighted by Crippen LogP contribution is -2.35. The summed E-state index contributed by atoms with van der Waals surface area (Å²) in [6.07, 6.45) is 4.68. The minimum atomic E-state index is -0.415. The molecule has 4 aromatic rings. The zero-order chi connectivity index (χ0) is 26.6. The summed E-state index contributed by atoms with van der Waals surface area (Å²) < 4.78 is 7.41. The maximum absolute atomic E-state index is 13.7. The number of aromatic nitrogens is 2. The normalized spacial score (nSPS) is 13.3. The topological polar surface area (TPSA) is 76.5 Å². The zero-order valence-corrected chi connectivity index (χ0v) is 22.2. The Morgan fingerprint density at radius 2 is 1.74 bits per heavy atom. The molecule has 7 nitrogen and oxygen atoms in total. The highest BCUT2D eigenvalue weighted by Crippen LogP contribution is 2.30. The van der Waals surface area contributed by atoms with Crippen LogP contribution >= 0.6 is 11.6 Å². The van der Waals surface area contributed by atoms with Gasteiger partial charge in [0.05, 0.1) is 11.9 Å². The van der Waals surface area contributed by atoms with Gasteiger partial charge >= 0.3 is 0 Å². The molecule has 0 saturated carbocycles. The highest BCUT2D eigenvalue weighted by molar-refractivity contribution is 6.30. The van der Waals surface area contributed by atoms with Crippen LogP contribution in [-0.4, -0.2) is 33.7 Å². The van der Waals surface area contributed by atoms with E-state index in [-0.39, 0.29) is 17.3 Å². The number of hydrogen-bond acceptors (Lipinski definition) is 5. The first kappa shape index (κ1) is 25.5. The molecule has 1 aliphatic rings. The maximum Gasteiger partial charge on any atom is 0.299 e. The first-order valence-corrected chi connectivity index (χ1v) is 13.1. The molecule has 1 aliphatic heterocycles. The Kier molecular flexibility index (Phi) is 7.47. The summed E-state index contributed by atoms with van der Waals surface area (Å²) in [4.78, 5) is 28.7. The van der Waals surface area contributed by atoms with Crippen LogP contribution in [0.25, 0.3) is 5.69 Å². The second-order valence-corrected chi connectivity index (χ2v) is 9.92. The summed E-state index contributed by atoms with van der Waals surface area (Å²) in [6.45, 7) is 5.55. The number of halogens is 1. The van der Waals surface area contributed by atoms with E-state index in [0.717, 1.165) is 43.5 Å². The molecule has 2 heterocycles.